The Labute approximate surface area is 110 Å². The number of amides is 1. The monoisotopic (exact) mass is 270 g/mol. The Kier molecular flexibility index (Phi) is 4.39. The highest BCUT2D eigenvalue weighted by Gasteiger charge is 2.19. The predicted octanol–water partition coefficient (Wildman–Crippen LogP) is 3.27. The smallest absolute Gasteiger partial charge is 0.252 e. The number of nitriles is 1. The quantitative estimate of drug-likeness (QED) is 0.917. The molecule has 1 N–H and O–H groups in total. The van der Waals surface area contributed by atoms with E-state index in [-0.39, 0.29) is 12.5 Å². The van der Waals surface area contributed by atoms with Gasteiger partial charge in [0.1, 0.15) is 0 Å². The summed E-state index contributed by atoms with van der Waals surface area (Å²) >= 11 is 11.7. The highest BCUT2D eigenvalue weighted by atomic mass is 35.5. The number of rotatable bonds is 3. The zero-order valence-electron chi connectivity index (χ0n) is 9.55. The molecule has 0 bridgehead atoms. The van der Waals surface area contributed by atoms with Gasteiger partial charge >= 0.3 is 0 Å². The molecule has 0 aliphatic rings. The number of carbonyl (C=O) groups is 1. The summed E-state index contributed by atoms with van der Waals surface area (Å²) in [5, 5.41) is 12.3. The molecule has 3 nitrogen and oxygen atoms in total. The van der Waals surface area contributed by atoms with Gasteiger partial charge in [0, 0.05) is 11.6 Å². The van der Waals surface area contributed by atoms with E-state index in [1.54, 1.807) is 26.0 Å². The summed E-state index contributed by atoms with van der Waals surface area (Å²) in [5.74, 6) is -0.333. The van der Waals surface area contributed by atoms with Crippen LogP contribution in [-0.4, -0.2) is 12.5 Å². The third-order valence-corrected chi connectivity index (χ3v) is 2.73. The summed E-state index contributed by atoms with van der Waals surface area (Å²) in [6.07, 6.45) is 0. The lowest BCUT2D eigenvalue weighted by molar-refractivity contribution is 0.0944. The number of carbonyl (C=O) groups excluding carboxylic acids is 1. The van der Waals surface area contributed by atoms with Crippen molar-refractivity contribution < 1.29 is 4.79 Å². The van der Waals surface area contributed by atoms with Crippen LogP contribution < -0.4 is 5.32 Å². The molecule has 5 heteroatoms. The summed E-state index contributed by atoms with van der Waals surface area (Å²) < 4.78 is 0. The van der Waals surface area contributed by atoms with Crippen LogP contribution in [0.1, 0.15) is 24.2 Å². The van der Waals surface area contributed by atoms with E-state index in [4.69, 9.17) is 28.5 Å². The topological polar surface area (TPSA) is 52.9 Å². The molecule has 0 atom stereocenters. The van der Waals surface area contributed by atoms with Gasteiger partial charge < -0.3 is 5.32 Å². The average molecular weight is 271 g/mol. The minimum Gasteiger partial charge on any atom is -0.350 e. The molecule has 0 heterocycles. The Morgan fingerprint density at radius 1 is 1.47 bits per heavy atom. The first-order chi connectivity index (χ1) is 7.85. The molecule has 0 unspecified atom stereocenters. The summed E-state index contributed by atoms with van der Waals surface area (Å²) in [4.78, 5) is 11.8. The third kappa shape index (κ3) is 3.92. The number of hydrogen-bond acceptors (Lipinski definition) is 2. The Balaban J connectivity index is 2.78. The second kappa shape index (κ2) is 5.39. The maximum Gasteiger partial charge on any atom is 0.252 e. The molecule has 1 amide bonds. The van der Waals surface area contributed by atoms with E-state index >= 15 is 0 Å². The zero-order valence-corrected chi connectivity index (χ0v) is 11.1. The van der Waals surface area contributed by atoms with Gasteiger partial charge in [0.05, 0.1) is 22.1 Å². The highest BCUT2D eigenvalue weighted by Crippen LogP contribution is 2.21. The van der Waals surface area contributed by atoms with Gasteiger partial charge in [-0.25, -0.2) is 0 Å². The molecule has 0 aliphatic carbocycles. The van der Waals surface area contributed by atoms with Crippen molar-refractivity contribution in [1.82, 2.24) is 5.32 Å². The molecule has 0 aliphatic heterocycles. The number of hydrogen-bond donors (Lipinski definition) is 1. The van der Waals surface area contributed by atoms with Crippen molar-refractivity contribution in [1.29, 1.82) is 5.26 Å². The zero-order chi connectivity index (χ0) is 13.1. The first-order valence-electron chi connectivity index (χ1n) is 5.00. The molecule has 90 valence electrons. The number of halogens is 2. The molecule has 0 saturated carbocycles. The van der Waals surface area contributed by atoms with Crippen LogP contribution in [0.2, 0.25) is 10.0 Å². The minimum absolute atomic E-state index is 0.255. The molecule has 1 aromatic rings. The summed E-state index contributed by atoms with van der Waals surface area (Å²) in [6.45, 7) is 3.74. The van der Waals surface area contributed by atoms with Gasteiger partial charge in [-0.05, 0) is 32.0 Å². The van der Waals surface area contributed by atoms with Crippen LogP contribution in [0.25, 0.3) is 0 Å². The maximum absolute atomic E-state index is 11.8. The second-order valence-electron chi connectivity index (χ2n) is 4.30. The SMILES string of the molecule is CC(C)(C#N)CNC(=O)c1cc(Cl)ccc1Cl. The Bertz CT molecular complexity index is 478. The van der Waals surface area contributed by atoms with Gasteiger partial charge in [-0.15, -0.1) is 0 Å². The molecule has 0 radical (unpaired) electrons. The second-order valence-corrected chi connectivity index (χ2v) is 5.15. The summed E-state index contributed by atoms with van der Waals surface area (Å²) in [5.41, 5.74) is -0.298. The third-order valence-electron chi connectivity index (χ3n) is 2.17. The van der Waals surface area contributed by atoms with Crippen LogP contribution in [0.3, 0.4) is 0 Å². The molecule has 0 spiro atoms. The minimum atomic E-state index is -0.610. The van der Waals surface area contributed by atoms with E-state index in [2.05, 4.69) is 11.4 Å². The van der Waals surface area contributed by atoms with Crippen LogP contribution in [0, 0.1) is 16.7 Å². The van der Waals surface area contributed by atoms with Crippen molar-refractivity contribution in [3.63, 3.8) is 0 Å². The van der Waals surface area contributed by atoms with Crippen molar-refractivity contribution in [3.8, 4) is 6.07 Å². The van der Waals surface area contributed by atoms with Crippen LogP contribution in [0.15, 0.2) is 18.2 Å². The normalized spacial score (nSPS) is 10.8. The van der Waals surface area contributed by atoms with E-state index in [9.17, 15) is 4.79 Å². The Morgan fingerprint density at radius 3 is 2.71 bits per heavy atom. The lowest BCUT2D eigenvalue weighted by atomic mass is 9.96. The van der Waals surface area contributed by atoms with Gasteiger partial charge in [-0.2, -0.15) is 5.26 Å². The molecule has 1 rings (SSSR count). The van der Waals surface area contributed by atoms with Crippen molar-refractivity contribution >= 4 is 29.1 Å². The van der Waals surface area contributed by atoms with E-state index in [0.29, 0.717) is 15.6 Å². The fraction of sp³-hybridized carbons (Fsp3) is 0.333. The lowest BCUT2D eigenvalue weighted by Gasteiger charge is -2.16. The van der Waals surface area contributed by atoms with Crippen molar-refractivity contribution in [3.05, 3.63) is 33.8 Å². The van der Waals surface area contributed by atoms with Crippen LogP contribution in [0.5, 0.6) is 0 Å². The van der Waals surface area contributed by atoms with E-state index < -0.39 is 5.41 Å². The lowest BCUT2D eigenvalue weighted by Crippen LogP contribution is -2.33. The van der Waals surface area contributed by atoms with E-state index in [1.165, 1.54) is 6.07 Å². The first kappa shape index (κ1) is 13.8. The predicted molar refractivity (Wildman–Crippen MR) is 68.2 cm³/mol. The van der Waals surface area contributed by atoms with Gasteiger partial charge in [0.2, 0.25) is 0 Å². The molecular formula is C12H12Cl2N2O. The van der Waals surface area contributed by atoms with E-state index in [0.717, 1.165) is 0 Å². The Hall–Kier alpha value is -1.24. The molecule has 17 heavy (non-hydrogen) atoms. The van der Waals surface area contributed by atoms with Crippen LogP contribution >= 0.6 is 23.2 Å². The average Bonchev–Trinajstić information content (AvgIpc) is 2.29. The molecule has 0 fully saturated rings. The first-order valence-corrected chi connectivity index (χ1v) is 5.76. The van der Waals surface area contributed by atoms with Gasteiger partial charge in [-0.3, -0.25) is 4.79 Å². The van der Waals surface area contributed by atoms with Gasteiger partial charge in [0.15, 0.2) is 0 Å². The number of benzene rings is 1. The molecule has 0 aromatic heterocycles. The molecular weight excluding hydrogens is 259 g/mol. The van der Waals surface area contributed by atoms with Gasteiger partial charge in [0.25, 0.3) is 5.91 Å². The van der Waals surface area contributed by atoms with Gasteiger partial charge in [-0.1, -0.05) is 23.2 Å². The van der Waals surface area contributed by atoms with Crippen molar-refractivity contribution in [2.45, 2.75) is 13.8 Å². The van der Waals surface area contributed by atoms with Crippen molar-refractivity contribution in [2.75, 3.05) is 6.54 Å². The van der Waals surface area contributed by atoms with Crippen molar-refractivity contribution in [2.24, 2.45) is 5.41 Å². The fourth-order valence-electron chi connectivity index (χ4n) is 1.11. The highest BCUT2D eigenvalue weighted by molar-refractivity contribution is 6.35. The number of nitrogens with zero attached hydrogens (tertiary/aromatic N) is 1. The largest absolute Gasteiger partial charge is 0.350 e. The number of nitrogens with one attached hydrogen (secondary N) is 1. The molecule has 1 aromatic carbocycles. The molecule has 0 saturated heterocycles. The standard InChI is InChI=1S/C12H12Cl2N2O/c1-12(2,6-15)7-16-11(17)9-5-8(13)3-4-10(9)14/h3-5H,7H2,1-2H3,(H,16,17). The summed E-state index contributed by atoms with van der Waals surface area (Å²) in [6, 6.07) is 6.77. The maximum atomic E-state index is 11.8. The van der Waals surface area contributed by atoms with Crippen LogP contribution in [-0.2, 0) is 0 Å². The van der Waals surface area contributed by atoms with E-state index in [1.807, 2.05) is 0 Å². The van der Waals surface area contributed by atoms with Crippen LogP contribution in [0.4, 0.5) is 0 Å². The fourth-order valence-corrected chi connectivity index (χ4v) is 1.48. The Morgan fingerprint density at radius 2 is 2.12 bits per heavy atom. The summed E-state index contributed by atoms with van der Waals surface area (Å²) in [7, 11) is 0.